The van der Waals surface area contributed by atoms with Gasteiger partial charge >= 0.3 is 17.8 Å². The molecule has 3 aromatic rings. The van der Waals surface area contributed by atoms with E-state index in [-0.39, 0.29) is 23.5 Å². The number of ether oxygens (including phenoxy) is 1. The number of ketones is 1. The molecule has 1 aliphatic heterocycles. The van der Waals surface area contributed by atoms with Crippen LogP contribution in [-0.4, -0.2) is 30.7 Å². The highest BCUT2D eigenvalue weighted by Gasteiger charge is 2.38. The predicted octanol–water partition coefficient (Wildman–Crippen LogP) is 5.48. The van der Waals surface area contributed by atoms with Crippen LogP contribution in [0.3, 0.4) is 0 Å². The van der Waals surface area contributed by atoms with Crippen molar-refractivity contribution in [2.24, 2.45) is 0 Å². The average Bonchev–Trinajstić information content (AvgIpc) is 3.43. The monoisotopic (exact) mass is 631 g/mol. The first kappa shape index (κ1) is 28.2. The smallest absolute Gasteiger partial charge is 0.343 e. The topological polar surface area (TPSA) is 118 Å². The number of benzene rings is 2. The summed E-state index contributed by atoms with van der Waals surface area (Å²) in [6, 6.07) is 14.8. The molecular weight excluding hydrogens is 613 g/mol. The number of carbonyl (C=O) groups excluding carboxylic acids is 4. The lowest BCUT2D eigenvalue weighted by Gasteiger charge is -2.21. The van der Waals surface area contributed by atoms with E-state index < -0.39 is 23.6 Å². The van der Waals surface area contributed by atoms with E-state index in [1.54, 1.807) is 36.1 Å². The number of halogens is 3. The third-order valence-corrected chi connectivity index (χ3v) is 6.55. The van der Waals surface area contributed by atoms with Gasteiger partial charge in [0.05, 0.1) is 19.4 Å². The molecule has 0 bridgehead atoms. The van der Waals surface area contributed by atoms with Gasteiger partial charge in [-0.05, 0) is 61.5 Å². The minimum atomic E-state index is -0.916. The van der Waals surface area contributed by atoms with E-state index in [1.807, 2.05) is 12.1 Å². The van der Waals surface area contributed by atoms with Gasteiger partial charge in [0.25, 0.3) is 0 Å². The molecule has 0 atom stereocenters. The summed E-state index contributed by atoms with van der Waals surface area (Å²) in [5.74, 6) is -2.47. The van der Waals surface area contributed by atoms with Gasteiger partial charge in [-0.15, -0.1) is 0 Å². The molecule has 0 radical (unpaired) electrons. The lowest BCUT2D eigenvalue weighted by molar-refractivity contribution is -0.137. The number of furan rings is 1. The van der Waals surface area contributed by atoms with Crippen LogP contribution in [0.4, 0.5) is 11.4 Å². The summed E-state index contributed by atoms with van der Waals surface area (Å²) in [4.78, 5) is 51.7. The molecule has 1 aliphatic rings. The zero-order valence-corrected chi connectivity index (χ0v) is 23.6. The molecule has 2 heterocycles. The largest absolute Gasteiger partial charge is 0.465 e. The van der Waals surface area contributed by atoms with E-state index in [0.29, 0.717) is 33.0 Å². The highest BCUT2D eigenvalue weighted by atomic mass is 79.9. The standard InChI is InChI=1S/C27H20BrCl2N3O6/c1-14-23(27(37)38-2)24(34)22(33(14)19-5-3-15(28)4-6-19)12-20-7-8-21(39-20)13-31-25(35)26(36)32-18-10-16(29)9-17(30)11-18/h3-12H,13H2,1-2H3,(H,31,35)(H,32,36)/b22-12+. The Morgan fingerprint density at radius 2 is 1.69 bits per heavy atom. The van der Waals surface area contributed by atoms with Crippen LogP contribution in [0.15, 0.2) is 80.5 Å². The quantitative estimate of drug-likeness (QED) is 0.160. The molecule has 1 aromatic heterocycles. The second kappa shape index (κ2) is 11.9. The molecule has 4 rings (SSSR count). The van der Waals surface area contributed by atoms with E-state index >= 15 is 0 Å². The van der Waals surface area contributed by atoms with Crippen LogP contribution in [0.25, 0.3) is 6.08 Å². The Hall–Kier alpha value is -3.86. The molecule has 2 amide bonds. The second-order valence-electron chi connectivity index (χ2n) is 8.22. The number of nitrogens with one attached hydrogen (secondary N) is 2. The minimum Gasteiger partial charge on any atom is -0.465 e. The second-order valence-corrected chi connectivity index (χ2v) is 10.0. The lowest BCUT2D eigenvalue weighted by atomic mass is 10.1. The van der Waals surface area contributed by atoms with Crippen LogP contribution in [0.5, 0.6) is 0 Å². The third kappa shape index (κ3) is 6.42. The fourth-order valence-corrected chi connectivity index (χ4v) is 4.64. The number of allylic oxidation sites excluding steroid dienone is 2. The van der Waals surface area contributed by atoms with Crippen LogP contribution < -0.4 is 15.5 Å². The molecule has 2 aromatic carbocycles. The maximum atomic E-state index is 13.2. The highest BCUT2D eigenvalue weighted by molar-refractivity contribution is 9.10. The van der Waals surface area contributed by atoms with E-state index in [9.17, 15) is 19.2 Å². The first-order chi connectivity index (χ1) is 18.6. The summed E-state index contributed by atoms with van der Waals surface area (Å²) in [6.07, 6.45) is 1.49. The Balaban J connectivity index is 1.50. The lowest BCUT2D eigenvalue weighted by Crippen LogP contribution is -2.34. The van der Waals surface area contributed by atoms with Crippen LogP contribution in [0.2, 0.25) is 10.0 Å². The van der Waals surface area contributed by atoms with Crippen molar-refractivity contribution in [2.45, 2.75) is 13.5 Å². The Morgan fingerprint density at radius 3 is 2.33 bits per heavy atom. The molecule has 200 valence electrons. The summed E-state index contributed by atoms with van der Waals surface area (Å²) in [7, 11) is 1.21. The number of hydrogen-bond donors (Lipinski definition) is 2. The number of amides is 2. The van der Waals surface area contributed by atoms with Crippen LogP contribution in [0.1, 0.15) is 18.4 Å². The van der Waals surface area contributed by atoms with Gasteiger partial charge in [-0.25, -0.2) is 4.79 Å². The molecule has 0 spiro atoms. The summed E-state index contributed by atoms with van der Waals surface area (Å²) in [5, 5.41) is 5.48. The molecule has 0 aliphatic carbocycles. The fraction of sp³-hybridized carbons (Fsp3) is 0.111. The van der Waals surface area contributed by atoms with Crippen LogP contribution in [-0.2, 0) is 30.5 Å². The molecule has 0 unspecified atom stereocenters. The van der Waals surface area contributed by atoms with Gasteiger partial charge in [0.2, 0.25) is 5.78 Å². The van der Waals surface area contributed by atoms with Crippen molar-refractivity contribution in [2.75, 3.05) is 17.3 Å². The maximum Gasteiger partial charge on any atom is 0.343 e. The van der Waals surface area contributed by atoms with Crippen molar-refractivity contribution < 1.29 is 28.3 Å². The summed E-state index contributed by atoms with van der Waals surface area (Å²) in [5.41, 5.74) is 1.43. The number of hydrogen-bond acceptors (Lipinski definition) is 7. The summed E-state index contributed by atoms with van der Waals surface area (Å²) in [6.45, 7) is 1.55. The normalized spacial score (nSPS) is 14.1. The number of Topliss-reactive ketones (excluding diaryl/α,β-unsaturated/α-hetero) is 1. The maximum absolute atomic E-state index is 13.2. The molecule has 39 heavy (non-hydrogen) atoms. The van der Waals surface area contributed by atoms with E-state index in [4.69, 9.17) is 32.4 Å². The molecule has 0 saturated heterocycles. The average molecular weight is 633 g/mol. The van der Waals surface area contributed by atoms with Crippen molar-refractivity contribution in [3.05, 3.63) is 97.6 Å². The van der Waals surface area contributed by atoms with E-state index in [0.717, 1.165) is 4.47 Å². The third-order valence-electron chi connectivity index (χ3n) is 5.58. The number of carbonyl (C=O) groups is 4. The Bertz CT molecular complexity index is 1520. The Labute approximate surface area is 241 Å². The zero-order valence-electron chi connectivity index (χ0n) is 20.5. The number of nitrogens with zero attached hydrogens (tertiary/aromatic N) is 1. The van der Waals surface area contributed by atoms with Gasteiger partial charge in [0, 0.05) is 37.7 Å². The number of methoxy groups -OCH3 is 1. The van der Waals surface area contributed by atoms with Crippen molar-refractivity contribution in [3.63, 3.8) is 0 Å². The van der Waals surface area contributed by atoms with Gasteiger partial charge in [-0.1, -0.05) is 39.1 Å². The number of rotatable bonds is 6. The number of anilines is 2. The van der Waals surface area contributed by atoms with Gasteiger partial charge in [0.1, 0.15) is 17.1 Å². The van der Waals surface area contributed by atoms with Crippen molar-refractivity contribution in [1.29, 1.82) is 0 Å². The first-order valence-electron chi connectivity index (χ1n) is 11.3. The minimum absolute atomic E-state index is 0.0854. The summed E-state index contributed by atoms with van der Waals surface area (Å²) >= 11 is 15.2. The molecule has 0 saturated carbocycles. The highest BCUT2D eigenvalue weighted by Crippen LogP contribution is 2.36. The number of esters is 1. The van der Waals surface area contributed by atoms with Gasteiger partial charge in [0.15, 0.2) is 0 Å². The van der Waals surface area contributed by atoms with Crippen molar-refractivity contribution in [3.8, 4) is 0 Å². The first-order valence-corrected chi connectivity index (χ1v) is 12.9. The Kier molecular flexibility index (Phi) is 8.59. The molecule has 2 N–H and O–H groups in total. The van der Waals surface area contributed by atoms with E-state index in [2.05, 4.69) is 26.6 Å². The predicted molar refractivity (Wildman–Crippen MR) is 150 cm³/mol. The van der Waals surface area contributed by atoms with Crippen LogP contribution in [0, 0.1) is 0 Å². The van der Waals surface area contributed by atoms with Crippen LogP contribution >= 0.6 is 39.1 Å². The van der Waals surface area contributed by atoms with Gasteiger partial charge < -0.3 is 24.7 Å². The van der Waals surface area contributed by atoms with Gasteiger partial charge in [-0.3, -0.25) is 14.4 Å². The fourth-order valence-electron chi connectivity index (χ4n) is 3.85. The zero-order chi connectivity index (χ0) is 28.3. The molecule has 9 nitrogen and oxygen atoms in total. The Morgan fingerprint density at radius 1 is 1.03 bits per heavy atom. The SMILES string of the molecule is COC(=O)C1=C(C)N(c2ccc(Br)cc2)/C(=C/c2ccc(CNC(=O)C(=O)Nc3cc(Cl)cc(Cl)c3)o2)C1=O. The van der Waals surface area contributed by atoms with Gasteiger partial charge in [-0.2, -0.15) is 0 Å². The van der Waals surface area contributed by atoms with Crippen molar-refractivity contribution >= 4 is 80.1 Å². The summed E-state index contributed by atoms with van der Waals surface area (Å²) < 4.78 is 11.4. The van der Waals surface area contributed by atoms with E-state index in [1.165, 1.54) is 31.4 Å². The molecule has 0 fully saturated rings. The molecular formula is C27H20BrCl2N3O6. The van der Waals surface area contributed by atoms with Crippen molar-refractivity contribution in [1.82, 2.24) is 5.32 Å². The molecule has 12 heteroatoms.